The zero-order valence-electron chi connectivity index (χ0n) is 11.7. The van der Waals surface area contributed by atoms with Gasteiger partial charge in [0.15, 0.2) is 0 Å². The highest BCUT2D eigenvalue weighted by atomic mass is 79.9. The Bertz CT molecular complexity index is 576. The third-order valence-corrected chi connectivity index (χ3v) is 4.96. The molecule has 0 bridgehead atoms. The molecule has 1 fully saturated rings. The van der Waals surface area contributed by atoms with E-state index in [4.69, 9.17) is 0 Å². The minimum atomic E-state index is 0.874. The molecule has 0 unspecified atom stereocenters. The number of benzene rings is 1. The van der Waals surface area contributed by atoms with E-state index in [2.05, 4.69) is 44.4 Å². The molecule has 1 aliphatic carbocycles. The van der Waals surface area contributed by atoms with E-state index in [0.29, 0.717) is 0 Å². The van der Waals surface area contributed by atoms with Gasteiger partial charge in [-0.15, -0.1) is 0 Å². The van der Waals surface area contributed by atoms with Crippen molar-refractivity contribution in [1.29, 1.82) is 0 Å². The molecule has 0 radical (unpaired) electrons. The summed E-state index contributed by atoms with van der Waals surface area (Å²) >= 11 is 3.60. The summed E-state index contributed by atoms with van der Waals surface area (Å²) in [5, 5.41) is 4.83. The van der Waals surface area contributed by atoms with Crippen molar-refractivity contribution in [1.82, 2.24) is 10.3 Å². The Morgan fingerprint density at radius 2 is 2.00 bits per heavy atom. The topological polar surface area (TPSA) is 24.9 Å². The van der Waals surface area contributed by atoms with E-state index in [1.54, 1.807) is 0 Å². The standard InChI is InChI=1S/C17H21BrN2/c18-16-9-8-14(17-15(16)7-4-10-20-17)12-19-11-13-5-2-1-3-6-13/h4,7-10,13,19H,1-3,5-6,11-12H2. The number of fused-ring (bicyclic) bond motifs is 1. The highest BCUT2D eigenvalue weighted by Crippen LogP contribution is 2.26. The first kappa shape index (κ1) is 14.0. The van der Waals surface area contributed by atoms with Crippen LogP contribution in [0.15, 0.2) is 34.9 Å². The normalized spacial score (nSPS) is 16.6. The summed E-state index contributed by atoms with van der Waals surface area (Å²) in [4.78, 5) is 4.54. The molecule has 20 heavy (non-hydrogen) atoms. The van der Waals surface area contributed by atoms with Gasteiger partial charge in [-0.05, 0) is 43.0 Å². The minimum Gasteiger partial charge on any atom is -0.312 e. The Kier molecular flexibility index (Phi) is 4.69. The molecule has 1 saturated carbocycles. The molecule has 0 aliphatic heterocycles. The molecule has 1 aromatic carbocycles. The first-order chi connectivity index (χ1) is 9.84. The summed E-state index contributed by atoms with van der Waals surface area (Å²) < 4.78 is 1.12. The van der Waals surface area contributed by atoms with Crippen molar-refractivity contribution in [2.75, 3.05) is 6.54 Å². The van der Waals surface area contributed by atoms with Gasteiger partial charge in [0.25, 0.3) is 0 Å². The number of hydrogen-bond donors (Lipinski definition) is 1. The fourth-order valence-corrected chi connectivity index (χ4v) is 3.59. The second-order valence-corrected chi connectivity index (χ2v) is 6.60. The third kappa shape index (κ3) is 3.21. The molecule has 1 aromatic heterocycles. The molecular weight excluding hydrogens is 312 g/mol. The lowest BCUT2D eigenvalue weighted by atomic mass is 9.89. The number of hydrogen-bond acceptors (Lipinski definition) is 2. The number of nitrogens with zero attached hydrogens (tertiary/aromatic N) is 1. The maximum absolute atomic E-state index is 4.54. The summed E-state index contributed by atoms with van der Waals surface area (Å²) in [7, 11) is 0. The maximum atomic E-state index is 4.54. The van der Waals surface area contributed by atoms with Crippen LogP contribution in [0, 0.1) is 5.92 Å². The molecule has 1 heterocycles. The Hall–Kier alpha value is -0.930. The average Bonchev–Trinajstić information content (AvgIpc) is 2.51. The van der Waals surface area contributed by atoms with E-state index in [1.807, 2.05) is 12.3 Å². The van der Waals surface area contributed by atoms with Crippen LogP contribution in [0.3, 0.4) is 0 Å². The predicted octanol–water partition coefficient (Wildman–Crippen LogP) is 4.67. The Balaban J connectivity index is 1.67. The van der Waals surface area contributed by atoms with Gasteiger partial charge in [-0.1, -0.05) is 47.3 Å². The van der Waals surface area contributed by atoms with E-state index >= 15 is 0 Å². The maximum Gasteiger partial charge on any atom is 0.0758 e. The number of aromatic nitrogens is 1. The fourth-order valence-electron chi connectivity index (χ4n) is 3.14. The van der Waals surface area contributed by atoms with Gasteiger partial charge in [0.05, 0.1) is 5.52 Å². The van der Waals surface area contributed by atoms with Crippen molar-refractivity contribution in [3.63, 3.8) is 0 Å². The highest BCUT2D eigenvalue weighted by Gasteiger charge is 2.13. The number of pyridine rings is 1. The smallest absolute Gasteiger partial charge is 0.0758 e. The predicted molar refractivity (Wildman–Crippen MR) is 87.7 cm³/mol. The van der Waals surface area contributed by atoms with Crippen LogP contribution < -0.4 is 5.32 Å². The van der Waals surface area contributed by atoms with Gasteiger partial charge >= 0.3 is 0 Å². The lowest BCUT2D eigenvalue weighted by molar-refractivity contribution is 0.342. The van der Waals surface area contributed by atoms with Gasteiger partial charge in [0.1, 0.15) is 0 Å². The number of nitrogens with one attached hydrogen (secondary N) is 1. The van der Waals surface area contributed by atoms with Crippen molar-refractivity contribution in [3.05, 3.63) is 40.5 Å². The minimum absolute atomic E-state index is 0.874. The Morgan fingerprint density at radius 3 is 2.85 bits per heavy atom. The molecule has 2 aromatic rings. The van der Waals surface area contributed by atoms with Crippen molar-refractivity contribution in [2.24, 2.45) is 5.92 Å². The molecule has 0 saturated heterocycles. The summed E-state index contributed by atoms with van der Waals surface area (Å²) in [6.07, 6.45) is 8.92. The number of rotatable bonds is 4. The second-order valence-electron chi connectivity index (χ2n) is 5.74. The molecule has 2 nitrogen and oxygen atoms in total. The SMILES string of the molecule is Brc1ccc(CNCC2CCCCC2)c2ncccc12. The van der Waals surface area contributed by atoms with Crippen LogP contribution in [-0.2, 0) is 6.54 Å². The van der Waals surface area contributed by atoms with Crippen LogP contribution in [0.5, 0.6) is 0 Å². The Labute approximate surface area is 129 Å². The van der Waals surface area contributed by atoms with Crippen LogP contribution in [0.2, 0.25) is 0 Å². The molecule has 3 heteroatoms. The van der Waals surface area contributed by atoms with Gasteiger partial charge in [-0.2, -0.15) is 0 Å². The lowest BCUT2D eigenvalue weighted by Gasteiger charge is -2.22. The average molecular weight is 333 g/mol. The van der Waals surface area contributed by atoms with Crippen LogP contribution in [0.25, 0.3) is 10.9 Å². The monoisotopic (exact) mass is 332 g/mol. The summed E-state index contributed by atoms with van der Waals surface area (Å²) in [6.45, 7) is 2.06. The summed E-state index contributed by atoms with van der Waals surface area (Å²) in [6, 6.07) is 8.41. The second kappa shape index (κ2) is 6.68. The fraction of sp³-hybridized carbons (Fsp3) is 0.471. The number of halogens is 1. The third-order valence-electron chi connectivity index (χ3n) is 4.27. The van der Waals surface area contributed by atoms with Gasteiger partial charge < -0.3 is 5.32 Å². The van der Waals surface area contributed by atoms with Crippen molar-refractivity contribution in [2.45, 2.75) is 38.6 Å². The zero-order valence-corrected chi connectivity index (χ0v) is 13.3. The molecule has 1 N–H and O–H groups in total. The molecule has 0 amide bonds. The van der Waals surface area contributed by atoms with Gasteiger partial charge in [0.2, 0.25) is 0 Å². The molecule has 3 rings (SSSR count). The quantitative estimate of drug-likeness (QED) is 0.880. The van der Waals surface area contributed by atoms with Crippen LogP contribution in [0.1, 0.15) is 37.7 Å². The Morgan fingerprint density at radius 1 is 1.15 bits per heavy atom. The van der Waals surface area contributed by atoms with Crippen molar-refractivity contribution < 1.29 is 0 Å². The zero-order chi connectivity index (χ0) is 13.8. The van der Waals surface area contributed by atoms with Gasteiger partial charge in [-0.25, -0.2) is 0 Å². The van der Waals surface area contributed by atoms with Crippen LogP contribution >= 0.6 is 15.9 Å². The molecular formula is C17H21BrN2. The van der Waals surface area contributed by atoms with E-state index in [1.165, 1.54) is 43.1 Å². The lowest BCUT2D eigenvalue weighted by Crippen LogP contribution is -2.24. The van der Waals surface area contributed by atoms with Crippen molar-refractivity contribution in [3.8, 4) is 0 Å². The van der Waals surface area contributed by atoms with Gasteiger partial charge in [0, 0.05) is 22.6 Å². The van der Waals surface area contributed by atoms with Crippen LogP contribution in [0.4, 0.5) is 0 Å². The van der Waals surface area contributed by atoms with Gasteiger partial charge in [-0.3, -0.25) is 4.98 Å². The van der Waals surface area contributed by atoms with Crippen LogP contribution in [-0.4, -0.2) is 11.5 Å². The van der Waals surface area contributed by atoms with E-state index in [9.17, 15) is 0 Å². The first-order valence-corrected chi connectivity index (χ1v) is 8.37. The highest BCUT2D eigenvalue weighted by molar-refractivity contribution is 9.10. The molecule has 1 aliphatic rings. The molecule has 0 spiro atoms. The van der Waals surface area contributed by atoms with E-state index in [0.717, 1.165) is 29.0 Å². The first-order valence-electron chi connectivity index (χ1n) is 7.57. The molecule has 0 atom stereocenters. The van der Waals surface area contributed by atoms with Crippen molar-refractivity contribution >= 4 is 26.8 Å². The molecule has 106 valence electrons. The van der Waals surface area contributed by atoms with E-state index < -0.39 is 0 Å². The summed E-state index contributed by atoms with van der Waals surface area (Å²) in [5.41, 5.74) is 2.40. The summed E-state index contributed by atoms with van der Waals surface area (Å²) in [5.74, 6) is 0.874. The largest absolute Gasteiger partial charge is 0.312 e. The van der Waals surface area contributed by atoms with E-state index in [-0.39, 0.29) is 0 Å².